The van der Waals surface area contributed by atoms with Crippen LogP contribution in [0.25, 0.3) is 11.3 Å². The summed E-state index contributed by atoms with van der Waals surface area (Å²) in [6.45, 7) is 1.93. The van der Waals surface area contributed by atoms with Crippen molar-refractivity contribution in [1.29, 1.82) is 0 Å². The number of aromatic nitrogens is 1. The molecule has 0 unspecified atom stereocenters. The first-order chi connectivity index (χ1) is 10.6. The van der Waals surface area contributed by atoms with E-state index in [1.54, 1.807) is 18.2 Å². The van der Waals surface area contributed by atoms with Gasteiger partial charge in [-0.25, -0.2) is 0 Å². The maximum absolute atomic E-state index is 12.2. The molecule has 0 fully saturated rings. The van der Waals surface area contributed by atoms with Crippen molar-refractivity contribution in [3.63, 3.8) is 0 Å². The fourth-order valence-electron chi connectivity index (χ4n) is 2.03. The Morgan fingerprint density at radius 1 is 1.14 bits per heavy atom. The van der Waals surface area contributed by atoms with Crippen LogP contribution in [0.5, 0.6) is 0 Å². The van der Waals surface area contributed by atoms with Crippen LogP contribution >= 0.6 is 11.6 Å². The number of halogens is 1. The van der Waals surface area contributed by atoms with Gasteiger partial charge in [0.2, 0.25) is 0 Å². The van der Waals surface area contributed by atoms with Gasteiger partial charge in [-0.15, -0.1) is 0 Å². The minimum absolute atomic E-state index is 0.204. The van der Waals surface area contributed by atoms with E-state index in [9.17, 15) is 4.79 Å². The molecule has 0 saturated carbocycles. The van der Waals surface area contributed by atoms with Crippen molar-refractivity contribution in [3.05, 3.63) is 70.9 Å². The van der Waals surface area contributed by atoms with Gasteiger partial charge in [0.15, 0.2) is 11.5 Å². The number of hydrogen-bond donors (Lipinski definition) is 1. The molecule has 0 aliphatic heterocycles. The van der Waals surface area contributed by atoms with Gasteiger partial charge in [-0.3, -0.25) is 4.79 Å². The van der Waals surface area contributed by atoms with E-state index in [4.69, 9.17) is 16.1 Å². The molecule has 0 radical (unpaired) electrons. The number of aryl methyl sites for hydroxylation is 1. The quantitative estimate of drug-likeness (QED) is 0.771. The number of anilines is 1. The first-order valence-electron chi connectivity index (χ1n) is 6.73. The summed E-state index contributed by atoms with van der Waals surface area (Å²) < 4.78 is 5.22. The highest BCUT2D eigenvalue weighted by molar-refractivity contribution is 6.34. The molecule has 3 rings (SSSR count). The van der Waals surface area contributed by atoms with E-state index in [2.05, 4.69) is 10.5 Å². The molecule has 1 amide bonds. The third-order valence-electron chi connectivity index (χ3n) is 3.17. The second kappa shape index (κ2) is 6.03. The van der Waals surface area contributed by atoms with Gasteiger partial charge < -0.3 is 9.84 Å². The van der Waals surface area contributed by atoms with E-state index >= 15 is 0 Å². The van der Waals surface area contributed by atoms with E-state index in [1.807, 2.05) is 43.3 Å². The number of benzene rings is 2. The zero-order valence-corrected chi connectivity index (χ0v) is 12.6. The van der Waals surface area contributed by atoms with E-state index in [0.29, 0.717) is 16.5 Å². The Labute approximate surface area is 132 Å². The molecule has 4 nitrogen and oxygen atoms in total. The number of rotatable bonds is 3. The van der Waals surface area contributed by atoms with Crippen molar-refractivity contribution < 1.29 is 9.32 Å². The molecule has 1 N–H and O–H groups in total. The fraction of sp³-hybridized carbons (Fsp3) is 0.0588. The average Bonchev–Trinajstić information content (AvgIpc) is 3.01. The molecule has 2 aromatic carbocycles. The lowest BCUT2D eigenvalue weighted by Crippen LogP contribution is -2.12. The molecule has 0 saturated heterocycles. The van der Waals surface area contributed by atoms with Crippen LogP contribution in [0.15, 0.2) is 59.1 Å². The molecule has 0 spiro atoms. The molecule has 1 aromatic heterocycles. The zero-order chi connectivity index (χ0) is 15.5. The summed E-state index contributed by atoms with van der Waals surface area (Å²) >= 11 is 6.10. The van der Waals surface area contributed by atoms with Crippen molar-refractivity contribution in [1.82, 2.24) is 5.16 Å². The number of nitrogens with one attached hydrogen (secondary N) is 1. The van der Waals surface area contributed by atoms with Crippen LogP contribution in [-0.2, 0) is 0 Å². The molecule has 0 aliphatic carbocycles. The van der Waals surface area contributed by atoms with Gasteiger partial charge in [-0.2, -0.15) is 0 Å². The Hall–Kier alpha value is -2.59. The minimum Gasteiger partial charge on any atom is -0.355 e. The summed E-state index contributed by atoms with van der Waals surface area (Å²) in [7, 11) is 0. The van der Waals surface area contributed by atoms with Crippen LogP contribution in [0.2, 0.25) is 5.02 Å². The fourth-order valence-corrected chi connectivity index (χ4v) is 2.31. The van der Waals surface area contributed by atoms with E-state index in [1.165, 1.54) is 0 Å². The standard InChI is InChI=1S/C17H13ClN2O2/c1-11-7-8-14(13(18)9-11)19-17(21)15-10-16(22-20-15)12-5-3-2-4-6-12/h2-10H,1H3,(H,19,21). The van der Waals surface area contributed by atoms with Crippen LogP contribution in [0.3, 0.4) is 0 Å². The first kappa shape index (κ1) is 14.4. The van der Waals surface area contributed by atoms with Crippen LogP contribution in [0.1, 0.15) is 16.1 Å². The molecular weight excluding hydrogens is 300 g/mol. The highest BCUT2D eigenvalue weighted by atomic mass is 35.5. The number of carbonyl (C=O) groups excluding carboxylic acids is 1. The Kier molecular flexibility index (Phi) is 3.94. The Morgan fingerprint density at radius 3 is 2.64 bits per heavy atom. The molecule has 3 aromatic rings. The van der Waals surface area contributed by atoms with Gasteiger partial charge in [-0.05, 0) is 24.6 Å². The molecule has 110 valence electrons. The molecule has 0 bridgehead atoms. The van der Waals surface area contributed by atoms with Crippen molar-refractivity contribution in [2.75, 3.05) is 5.32 Å². The summed E-state index contributed by atoms with van der Waals surface area (Å²) in [6, 6.07) is 16.5. The predicted octanol–water partition coefficient (Wildman–Crippen LogP) is 4.56. The van der Waals surface area contributed by atoms with E-state index in [0.717, 1.165) is 11.1 Å². The maximum atomic E-state index is 12.2. The zero-order valence-electron chi connectivity index (χ0n) is 11.8. The summed E-state index contributed by atoms with van der Waals surface area (Å²) in [5, 5.41) is 7.02. The second-order valence-electron chi connectivity index (χ2n) is 4.88. The van der Waals surface area contributed by atoms with Crippen molar-refractivity contribution in [2.24, 2.45) is 0 Å². The molecule has 5 heteroatoms. The lowest BCUT2D eigenvalue weighted by molar-refractivity contribution is 0.101. The highest BCUT2D eigenvalue weighted by Crippen LogP contribution is 2.24. The normalized spacial score (nSPS) is 10.5. The van der Waals surface area contributed by atoms with Gasteiger partial charge in [0.1, 0.15) is 0 Å². The summed E-state index contributed by atoms with van der Waals surface area (Å²) in [5.74, 6) is 0.178. The van der Waals surface area contributed by atoms with Gasteiger partial charge in [-0.1, -0.05) is 53.2 Å². The largest absolute Gasteiger partial charge is 0.355 e. The topological polar surface area (TPSA) is 55.1 Å². The van der Waals surface area contributed by atoms with E-state index in [-0.39, 0.29) is 11.6 Å². The Balaban J connectivity index is 1.80. The average molecular weight is 313 g/mol. The molecule has 0 aliphatic rings. The van der Waals surface area contributed by atoms with Gasteiger partial charge in [0.25, 0.3) is 5.91 Å². The first-order valence-corrected chi connectivity index (χ1v) is 7.11. The Bertz CT molecular complexity index is 813. The van der Waals surface area contributed by atoms with Crippen molar-refractivity contribution in [2.45, 2.75) is 6.92 Å². The maximum Gasteiger partial charge on any atom is 0.277 e. The third-order valence-corrected chi connectivity index (χ3v) is 3.49. The van der Waals surface area contributed by atoms with Crippen LogP contribution in [-0.4, -0.2) is 11.1 Å². The molecule has 1 heterocycles. The summed E-state index contributed by atoms with van der Waals surface area (Å²) in [4.78, 5) is 12.2. The van der Waals surface area contributed by atoms with Crippen LogP contribution in [0.4, 0.5) is 5.69 Å². The SMILES string of the molecule is Cc1ccc(NC(=O)c2cc(-c3ccccc3)on2)c(Cl)c1. The third kappa shape index (κ3) is 3.02. The van der Waals surface area contributed by atoms with Gasteiger partial charge in [0, 0.05) is 11.6 Å². The number of amides is 1. The molecule has 22 heavy (non-hydrogen) atoms. The summed E-state index contributed by atoms with van der Waals surface area (Å²) in [6.07, 6.45) is 0. The van der Waals surface area contributed by atoms with Crippen LogP contribution in [0, 0.1) is 6.92 Å². The van der Waals surface area contributed by atoms with Gasteiger partial charge >= 0.3 is 0 Å². The number of hydrogen-bond acceptors (Lipinski definition) is 3. The lowest BCUT2D eigenvalue weighted by Gasteiger charge is -2.05. The van der Waals surface area contributed by atoms with Gasteiger partial charge in [0.05, 0.1) is 10.7 Å². The predicted molar refractivity (Wildman–Crippen MR) is 86.1 cm³/mol. The van der Waals surface area contributed by atoms with Crippen molar-refractivity contribution in [3.8, 4) is 11.3 Å². The monoisotopic (exact) mass is 312 g/mol. The smallest absolute Gasteiger partial charge is 0.277 e. The minimum atomic E-state index is -0.364. The highest BCUT2D eigenvalue weighted by Gasteiger charge is 2.14. The second-order valence-corrected chi connectivity index (χ2v) is 5.29. The number of carbonyl (C=O) groups is 1. The number of nitrogens with zero attached hydrogens (tertiary/aromatic N) is 1. The molecular formula is C17H13ClN2O2. The molecule has 0 atom stereocenters. The summed E-state index contributed by atoms with van der Waals surface area (Å²) in [5.41, 5.74) is 2.63. The lowest BCUT2D eigenvalue weighted by atomic mass is 10.1. The van der Waals surface area contributed by atoms with Crippen LogP contribution < -0.4 is 5.32 Å². The Morgan fingerprint density at radius 2 is 1.91 bits per heavy atom. The van der Waals surface area contributed by atoms with Crippen molar-refractivity contribution >= 4 is 23.2 Å². The van der Waals surface area contributed by atoms with E-state index < -0.39 is 0 Å².